The van der Waals surface area contributed by atoms with Crippen molar-refractivity contribution in [2.75, 3.05) is 11.9 Å². The van der Waals surface area contributed by atoms with Crippen molar-refractivity contribution in [3.8, 4) is 0 Å². The summed E-state index contributed by atoms with van der Waals surface area (Å²) < 4.78 is 5.14. The van der Waals surface area contributed by atoms with Crippen molar-refractivity contribution in [2.45, 2.75) is 12.5 Å². The number of furan rings is 1. The molecule has 3 N–H and O–H groups in total. The average molecular weight is 288 g/mol. The standard InChI is InChI=1S/C15H16N2O4/c1-15(20,13-3-2-8-21-13)9-16-14(19)11-4-6-12(7-5-11)17-10-18/h2-8,10,20H,9H2,1H3,(H,16,19)(H,17,18)/t15-/m0/s1. The van der Waals surface area contributed by atoms with Crippen LogP contribution in [0.25, 0.3) is 0 Å². The molecule has 0 bridgehead atoms. The van der Waals surface area contributed by atoms with Crippen LogP contribution in [0.2, 0.25) is 0 Å². The molecule has 1 atom stereocenters. The minimum Gasteiger partial charge on any atom is -0.466 e. The van der Waals surface area contributed by atoms with Crippen LogP contribution in [0.15, 0.2) is 47.1 Å². The van der Waals surface area contributed by atoms with E-state index in [0.717, 1.165) is 0 Å². The molecular weight excluding hydrogens is 272 g/mol. The fraction of sp³-hybridized carbons (Fsp3) is 0.200. The van der Waals surface area contributed by atoms with Crippen LogP contribution in [-0.4, -0.2) is 24.0 Å². The van der Waals surface area contributed by atoms with Gasteiger partial charge in [-0.15, -0.1) is 0 Å². The van der Waals surface area contributed by atoms with Gasteiger partial charge in [0.15, 0.2) is 0 Å². The third-order valence-corrected chi connectivity index (χ3v) is 3.02. The highest BCUT2D eigenvalue weighted by molar-refractivity contribution is 5.94. The van der Waals surface area contributed by atoms with Crippen molar-refractivity contribution >= 4 is 18.0 Å². The average Bonchev–Trinajstić information content (AvgIpc) is 3.01. The third kappa shape index (κ3) is 3.70. The van der Waals surface area contributed by atoms with Crippen molar-refractivity contribution < 1.29 is 19.1 Å². The number of aliphatic hydroxyl groups is 1. The molecule has 0 aliphatic rings. The minimum absolute atomic E-state index is 0.0215. The zero-order chi connectivity index (χ0) is 15.3. The molecule has 6 nitrogen and oxygen atoms in total. The smallest absolute Gasteiger partial charge is 0.251 e. The van der Waals surface area contributed by atoms with Gasteiger partial charge in [0.2, 0.25) is 6.41 Å². The lowest BCUT2D eigenvalue weighted by atomic mass is 10.0. The molecule has 0 fully saturated rings. The molecular formula is C15H16N2O4. The maximum atomic E-state index is 12.0. The zero-order valence-electron chi connectivity index (χ0n) is 11.5. The van der Waals surface area contributed by atoms with Gasteiger partial charge in [0.05, 0.1) is 12.8 Å². The van der Waals surface area contributed by atoms with Crippen LogP contribution in [0.4, 0.5) is 5.69 Å². The topological polar surface area (TPSA) is 91.6 Å². The number of carbonyl (C=O) groups excluding carboxylic acids is 2. The second kappa shape index (κ2) is 6.23. The molecule has 2 rings (SSSR count). The number of benzene rings is 1. The van der Waals surface area contributed by atoms with Crippen molar-refractivity contribution in [3.05, 3.63) is 54.0 Å². The number of hydrogen-bond acceptors (Lipinski definition) is 4. The van der Waals surface area contributed by atoms with Crippen molar-refractivity contribution in [1.29, 1.82) is 0 Å². The lowest BCUT2D eigenvalue weighted by molar-refractivity contribution is -0.105. The molecule has 1 aromatic carbocycles. The van der Waals surface area contributed by atoms with Crippen molar-refractivity contribution in [2.24, 2.45) is 0 Å². The highest BCUT2D eigenvalue weighted by Gasteiger charge is 2.26. The summed E-state index contributed by atoms with van der Waals surface area (Å²) in [6.45, 7) is 1.58. The summed E-state index contributed by atoms with van der Waals surface area (Å²) in [5, 5.41) is 15.4. The Bertz CT molecular complexity index is 603. The molecule has 0 saturated carbocycles. The Hall–Kier alpha value is -2.60. The molecule has 110 valence electrons. The van der Waals surface area contributed by atoms with Crippen LogP contribution in [0.5, 0.6) is 0 Å². The van der Waals surface area contributed by atoms with E-state index in [1.807, 2.05) is 0 Å². The maximum absolute atomic E-state index is 12.0. The van der Waals surface area contributed by atoms with Gasteiger partial charge in [0.1, 0.15) is 11.4 Å². The van der Waals surface area contributed by atoms with E-state index < -0.39 is 5.60 Å². The van der Waals surface area contributed by atoms with Gasteiger partial charge in [-0.1, -0.05) is 0 Å². The van der Waals surface area contributed by atoms with Gasteiger partial charge >= 0.3 is 0 Å². The fourth-order valence-corrected chi connectivity index (χ4v) is 1.81. The number of hydrogen-bond donors (Lipinski definition) is 3. The maximum Gasteiger partial charge on any atom is 0.251 e. The first-order chi connectivity index (χ1) is 10.0. The van der Waals surface area contributed by atoms with E-state index >= 15 is 0 Å². The largest absolute Gasteiger partial charge is 0.466 e. The highest BCUT2D eigenvalue weighted by Crippen LogP contribution is 2.20. The lowest BCUT2D eigenvalue weighted by Gasteiger charge is -2.21. The van der Waals surface area contributed by atoms with E-state index in [2.05, 4.69) is 10.6 Å². The lowest BCUT2D eigenvalue weighted by Crippen LogP contribution is -2.38. The molecule has 0 unspecified atom stereocenters. The van der Waals surface area contributed by atoms with Crippen LogP contribution in [-0.2, 0) is 10.4 Å². The van der Waals surface area contributed by atoms with Crippen molar-refractivity contribution in [3.63, 3.8) is 0 Å². The monoisotopic (exact) mass is 288 g/mol. The Morgan fingerprint density at radius 2 is 2.05 bits per heavy atom. The summed E-state index contributed by atoms with van der Waals surface area (Å²) >= 11 is 0. The molecule has 0 spiro atoms. The van der Waals surface area contributed by atoms with Gasteiger partial charge < -0.3 is 20.2 Å². The number of amides is 2. The van der Waals surface area contributed by atoms with E-state index in [1.54, 1.807) is 43.3 Å². The summed E-state index contributed by atoms with van der Waals surface area (Å²) in [4.78, 5) is 22.3. The molecule has 1 aromatic heterocycles. The predicted octanol–water partition coefficient (Wildman–Crippen LogP) is 1.49. The van der Waals surface area contributed by atoms with Gasteiger partial charge in [0, 0.05) is 11.3 Å². The summed E-state index contributed by atoms with van der Waals surface area (Å²) in [6.07, 6.45) is 2.03. The van der Waals surface area contributed by atoms with E-state index in [0.29, 0.717) is 23.4 Å². The first-order valence-corrected chi connectivity index (χ1v) is 6.38. The van der Waals surface area contributed by atoms with Crippen LogP contribution in [0.1, 0.15) is 23.0 Å². The van der Waals surface area contributed by atoms with Crippen LogP contribution in [0.3, 0.4) is 0 Å². The van der Waals surface area contributed by atoms with Gasteiger partial charge in [-0.2, -0.15) is 0 Å². The Kier molecular flexibility index (Phi) is 4.39. The fourth-order valence-electron chi connectivity index (χ4n) is 1.81. The van der Waals surface area contributed by atoms with Crippen LogP contribution in [0, 0.1) is 0 Å². The molecule has 0 aliphatic heterocycles. The van der Waals surface area contributed by atoms with Crippen molar-refractivity contribution in [1.82, 2.24) is 5.32 Å². The Morgan fingerprint density at radius 3 is 2.62 bits per heavy atom. The quantitative estimate of drug-likeness (QED) is 0.702. The number of carbonyl (C=O) groups is 2. The SMILES string of the molecule is C[C@](O)(CNC(=O)c1ccc(NC=O)cc1)c1ccco1. The molecule has 0 saturated heterocycles. The number of rotatable bonds is 6. The highest BCUT2D eigenvalue weighted by atomic mass is 16.4. The molecule has 2 aromatic rings. The summed E-state index contributed by atoms with van der Waals surface area (Å²) in [5.74, 6) is 0.0628. The number of anilines is 1. The first kappa shape index (κ1) is 14.8. The van der Waals surface area contributed by atoms with E-state index in [1.165, 1.54) is 6.26 Å². The molecule has 6 heteroatoms. The Balaban J connectivity index is 1.97. The molecule has 0 aliphatic carbocycles. The second-order valence-electron chi connectivity index (χ2n) is 4.77. The predicted molar refractivity (Wildman–Crippen MR) is 76.7 cm³/mol. The normalized spacial score (nSPS) is 13.2. The van der Waals surface area contributed by atoms with Gasteiger partial charge in [-0.05, 0) is 43.3 Å². The molecule has 21 heavy (non-hydrogen) atoms. The van der Waals surface area contributed by atoms with E-state index in [4.69, 9.17) is 4.42 Å². The Labute approximate surface area is 121 Å². The van der Waals surface area contributed by atoms with E-state index in [9.17, 15) is 14.7 Å². The van der Waals surface area contributed by atoms with Gasteiger partial charge in [-0.3, -0.25) is 9.59 Å². The summed E-state index contributed by atoms with van der Waals surface area (Å²) in [5.41, 5.74) is -0.246. The first-order valence-electron chi connectivity index (χ1n) is 6.38. The molecule has 0 radical (unpaired) electrons. The third-order valence-electron chi connectivity index (χ3n) is 3.02. The molecule has 1 heterocycles. The van der Waals surface area contributed by atoms with Crippen LogP contribution >= 0.6 is 0 Å². The molecule has 2 amide bonds. The second-order valence-corrected chi connectivity index (χ2v) is 4.77. The van der Waals surface area contributed by atoms with Gasteiger partial charge in [-0.25, -0.2) is 0 Å². The summed E-state index contributed by atoms with van der Waals surface area (Å²) in [6, 6.07) is 9.73. The number of nitrogens with one attached hydrogen (secondary N) is 2. The zero-order valence-corrected chi connectivity index (χ0v) is 11.5. The minimum atomic E-state index is -1.28. The summed E-state index contributed by atoms with van der Waals surface area (Å²) in [7, 11) is 0. The van der Waals surface area contributed by atoms with E-state index in [-0.39, 0.29) is 12.5 Å². The van der Waals surface area contributed by atoms with Crippen LogP contribution < -0.4 is 10.6 Å². The van der Waals surface area contributed by atoms with Gasteiger partial charge in [0.25, 0.3) is 5.91 Å². The Morgan fingerprint density at radius 1 is 1.33 bits per heavy atom.